The summed E-state index contributed by atoms with van der Waals surface area (Å²) in [5.74, 6) is 1.84. The SMILES string of the molecule is Cc1ccccc1CN(C(=O)CCSCc1ccccc1)[C@@H](Cc1ccccc1)C(=O)NCC(C)C. The Bertz CT molecular complexity index is 1090. The minimum absolute atomic E-state index is 0.0134. The average Bonchev–Trinajstić information content (AvgIpc) is 2.89. The lowest BCUT2D eigenvalue weighted by atomic mass is 10.0. The molecule has 3 aromatic carbocycles. The van der Waals surface area contributed by atoms with Gasteiger partial charge in [0.25, 0.3) is 0 Å². The first kappa shape index (κ1) is 27.5. The number of rotatable bonds is 13. The van der Waals surface area contributed by atoms with Gasteiger partial charge in [-0.15, -0.1) is 0 Å². The molecule has 0 aliphatic carbocycles. The molecule has 0 spiro atoms. The monoisotopic (exact) mass is 502 g/mol. The van der Waals surface area contributed by atoms with Crippen molar-refractivity contribution in [1.29, 1.82) is 0 Å². The quantitative estimate of drug-likeness (QED) is 0.290. The molecule has 2 amide bonds. The van der Waals surface area contributed by atoms with Crippen LogP contribution in [0, 0.1) is 12.8 Å². The third-order valence-electron chi connectivity index (χ3n) is 6.13. The predicted octanol–water partition coefficient (Wildman–Crippen LogP) is 6.03. The Morgan fingerprint density at radius 2 is 1.47 bits per heavy atom. The topological polar surface area (TPSA) is 49.4 Å². The van der Waals surface area contributed by atoms with Crippen molar-refractivity contribution in [3.8, 4) is 0 Å². The highest BCUT2D eigenvalue weighted by molar-refractivity contribution is 7.98. The molecule has 0 bridgehead atoms. The zero-order valence-electron chi connectivity index (χ0n) is 21.7. The maximum Gasteiger partial charge on any atom is 0.243 e. The number of carbonyl (C=O) groups excluding carboxylic acids is 2. The van der Waals surface area contributed by atoms with Gasteiger partial charge in [-0.2, -0.15) is 11.8 Å². The average molecular weight is 503 g/mol. The molecule has 0 unspecified atom stereocenters. The molecule has 36 heavy (non-hydrogen) atoms. The van der Waals surface area contributed by atoms with Crippen LogP contribution in [-0.2, 0) is 28.3 Å². The Morgan fingerprint density at radius 3 is 2.11 bits per heavy atom. The fourth-order valence-electron chi connectivity index (χ4n) is 4.01. The summed E-state index contributed by atoms with van der Waals surface area (Å²) in [7, 11) is 0. The molecule has 0 aliphatic rings. The summed E-state index contributed by atoms with van der Waals surface area (Å²) in [6, 6.07) is 27.8. The molecule has 0 fully saturated rings. The zero-order valence-corrected chi connectivity index (χ0v) is 22.5. The van der Waals surface area contributed by atoms with Crippen molar-refractivity contribution < 1.29 is 9.59 Å². The molecule has 0 saturated carbocycles. The summed E-state index contributed by atoms with van der Waals surface area (Å²) in [4.78, 5) is 29.0. The van der Waals surface area contributed by atoms with Crippen molar-refractivity contribution >= 4 is 23.6 Å². The molecule has 0 saturated heterocycles. The first-order valence-electron chi connectivity index (χ1n) is 12.7. The molecule has 0 heterocycles. The van der Waals surface area contributed by atoms with Crippen molar-refractivity contribution in [2.75, 3.05) is 12.3 Å². The van der Waals surface area contributed by atoms with Crippen LogP contribution in [0.15, 0.2) is 84.9 Å². The van der Waals surface area contributed by atoms with Crippen LogP contribution < -0.4 is 5.32 Å². The molecule has 1 N–H and O–H groups in total. The Morgan fingerprint density at radius 1 is 0.861 bits per heavy atom. The van der Waals surface area contributed by atoms with Crippen LogP contribution in [0.2, 0.25) is 0 Å². The van der Waals surface area contributed by atoms with Crippen LogP contribution in [0.4, 0.5) is 0 Å². The van der Waals surface area contributed by atoms with E-state index in [0.717, 1.165) is 22.4 Å². The van der Waals surface area contributed by atoms with E-state index in [1.165, 1.54) is 5.56 Å². The maximum absolute atomic E-state index is 13.7. The normalized spacial score (nSPS) is 11.8. The highest BCUT2D eigenvalue weighted by Gasteiger charge is 2.30. The summed E-state index contributed by atoms with van der Waals surface area (Å²) in [5, 5.41) is 3.09. The Kier molecular flexibility index (Phi) is 11.1. The van der Waals surface area contributed by atoms with E-state index in [0.29, 0.717) is 37.6 Å². The third kappa shape index (κ3) is 8.87. The molecule has 190 valence electrons. The van der Waals surface area contributed by atoms with Crippen molar-refractivity contribution in [1.82, 2.24) is 10.2 Å². The summed E-state index contributed by atoms with van der Waals surface area (Å²) in [6.45, 7) is 7.21. The van der Waals surface area contributed by atoms with Crippen molar-refractivity contribution in [2.45, 2.75) is 52.0 Å². The van der Waals surface area contributed by atoms with Gasteiger partial charge in [-0.25, -0.2) is 0 Å². The van der Waals surface area contributed by atoms with Gasteiger partial charge in [0, 0.05) is 37.4 Å². The van der Waals surface area contributed by atoms with Gasteiger partial charge in [0.2, 0.25) is 11.8 Å². The molecule has 3 aromatic rings. The van der Waals surface area contributed by atoms with Crippen LogP contribution in [0.5, 0.6) is 0 Å². The van der Waals surface area contributed by atoms with Gasteiger partial charge in [0.1, 0.15) is 6.04 Å². The molecule has 4 nitrogen and oxygen atoms in total. The standard InChI is InChI=1S/C31H38N2O2S/c1-24(2)21-32-31(35)29(20-26-13-6-4-7-14-26)33(22-28-17-11-10-12-25(28)3)30(34)18-19-36-23-27-15-8-5-9-16-27/h4-17,24,29H,18-23H2,1-3H3,(H,32,35)/t29-/m0/s1. The second-order valence-electron chi connectivity index (χ2n) is 9.58. The highest BCUT2D eigenvalue weighted by atomic mass is 32.2. The van der Waals surface area contributed by atoms with E-state index in [9.17, 15) is 9.59 Å². The first-order chi connectivity index (χ1) is 17.4. The highest BCUT2D eigenvalue weighted by Crippen LogP contribution is 2.20. The van der Waals surface area contributed by atoms with E-state index in [1.807, 2.05) is 66.7 Å². The number of benzene rings is 3. The van der Waals surface area contributed by atoms with Gasteiger partial charge in [0.15, 0.2) is 0 Å². The minimum atomic E-state index is -0.572. The minimum Gasteiger partial charge on any atom is -0.354 e. The Labute approximate surface area is 220 Å². The summed E-state index contributed by atoms with van der Waals surface area (Å²) in [6.07, 6.45) is 0.881. The fourth-order valence-corrected chi connectivity index (χ4v) is 4.91. The molecule has 0 radical (unpaired) electrons. The third-order valence-corrected chi connectivity index (χ3v) is 7.16. The van der Waals surface area contributed by atoms with Gasteiger partial charge in [0.05, 0.1) is 0 Å². The molecule has 0 aliphatic heterocycles. The molecule has 1 atom stereocenters. The van der Waals surface area contributed by atoms with E-state index in [4.69, 9.17) is 0 Å². The number of nitrogens with zero attached hydrogens (tertiary/aromatic N) is 1. The number of carbonyl (C=O) groups is 2. The van der Waals surface area contributed by atoms with E-state index >= 15 is 0 Å². The van der Waals surface area contributed by atoms with E-state index < -0.39 is 6.04 Å². The predicted molar refractivity (Wildman–Crippen MR) is 151 cm³/mol. The maximum atomic E-state index is 13.7. The fraction of sp³-hybridized carbons (Fsp3) is 0.355. The lowest BCUT2D eigenvalue weighted by Crippen LogP contribution is -2.51. The van der Waals surface area contributed by atoms with E-state index in [-0.39, 0.29) is 11.8 Å². The first-order valence-corrected chi connectivity index (χ1v) is 13.9. The second-order valence-corrected chi connectivity index (χ2v) is 10.7. The molecule has 5 heteroatoms. The van der Waals surface area contributed by atoms with Gasteiger partial charge in [-0.05, 0) is 35.1 Å². The summed E-state index contributed by atoms with van der Waals surface area (Å²) >= 11 is 1.75. The van der Waals surface area contributed by atoms with Crippen LogP contribution in [0.1, 0.15) is 42.5 Å². The molecule has 0 aromatic heterocycles. The van der Waals surface area contributed by atoms with Crippen LogP contribution in [-0.4, -0.2) is 35.1 Å². The number of hydrogen-bond donors (Lipinski definition) is 1. The lowest BCUT2D eigenvalue weighted by Gasteiger charge is -2.32. The number of thioether (sulfide) groups is 1. The molecule has 3 rings (SSSR count). The van der Waals surface area contributed by atoms with Gasteiger partial charge in [-0.3, -0.25) is 9.59 Å². The van der Waals surface area contributed by atoms with Crippen LogP contribution in [0.3, 0.4) is 0 Å². The number of aryl methyl sites for hydroxylation is 1. The van der Waals surface area contributed by atoms with Gasteiger partial charge < -0.3 is 10.2 Å². The number of amides is 2. The van der Waals surface area contributed by atoms with Crippen molar-refractivity contribution in [3.05, 3.63) is 107 Å². The second kappa shape index (κ2) is 14.5. The van der Waals surface area contributed by atoms with Crippen LogP contribution >= 0.6 is 11.8 Å². The Balaban J connectivity index is 1.80. The zero-order chi connectivity index (χ0) is 25.8. The Hall–Kier alpha value is -3.05. The van der Waals surface area contributed by atoms with E-state index in [1.54, 1.807) is 16.7 Å². The largest absolute Gasteiger partial charge is 0.354 e. The van der Waals surface area contributed by atoms with Crippen LogP contribution in [0.25, 0.3) is 0 Å². The molecular formula is C31H38N2O2S. The lowest BCUT2D eigenvalue weighted by molar-refractivity contribution is -0.141. The van der Waals surface area contributed by atoms with Crippen molar-refractivity contribution in [2.24, 2.45) is 5.92 Å². The summed E-state index contributed by atoms with van der Waals surface area (Å²) in [5.41, 5.74) is 4.48. The number of hydrogen-bond acceptors (Lipinski definition) is 3. The van der Waals surface area contributed by atoms with Gasteiger partial charge in [-0.1, -0.05) is 98.8 Å². The molecular weight excluding hydrogens is 464 g/mol. The smallest absolute Gasteiger partial charge is 0.243 e. The summed E-state index contributed by atoms with van der Waals surface area (Å²) < 4.78 is 0. The van der Waals surface area contributed by atoms with Crippen molar-refractivity contribution in [3.63, 3.8) is 0 Å². The number of nitrogens with one attached hydrogen (secondary N) is 1. The van der Waals surface area contributed by atoms with Gasteiger partial charge >= 0.3 is 0 Å². The van der Waals surface area contributed by atoms with E-state index in [2.05, 4.69) is 44.3 Å².